The van der Waals surface area contributed by atoms with E-state index in [1.54, 1.807) is 13.2 Å². The fraction of sp³-hybridized carbons (Fsp3) is 0.294. The van der Waals surface area contributed by atoms with Crippen LogP contribution < -0.4 is 10.1 Å². The highest BCUT2D eigenvalue weighted by Gasteiger charge is 2.15. The second kappa shape index (κ2) is 7.18. The quantitative estimate of drug-likeness (QED) is 0.860. The lowest BCUT2D eigenvalue weighted by molar-refractivity contribution is 0.395. The summed E-state index contributed by atoms with van der Waals surface area (Å²) in [4.78, 5) is 0. The fourth-order valence-corrected chi connectivity index (χ4v) is 2.35. The average molecular weight is 291 g/mol. The van der Waals surface area contributed by atoms with E-state index < -0.39 is 11.6 Å². The summed E-state index contributed by atoms with van der Waals surface area (Å²) < 4.78 is 32.2. The Balaban J connectivity index is 2.14. The third-order valence-corrected chi connectivity index (χ3v) is 3.49. The molecule has 2 nitrogen and oxygen atoms in total. The predicted molar refractivity (Wildman–Crippen MR) is 79.2 cm³/mol. The number of benzene rings is 2. The highest BCUT2D eigenvalue weighted by Crippen LogP contribution is 2.27. The Bertz CT molecular complexity index is 601. The number of ether oxygens (including phenoxy) is 1. The number of halogens is 2. The number of hydrogen-bond acceptors (Lipinski definition) is 2. The molecule has 0 radical (unpaired) electrons. The summed E-state index contributed by atoms with van der Waals surface area (Å²) in [5.74, 6) is -0.823. The van der Waals surface area contributed by atoms with Crippen LogP contribution in [0.5, 0.6) is 5.75 Å². The van der Waals surface area contributed by atoms with Crippen LogP contribution in [0.3, 0.4) is 0 Å². The lowest BCUT2D eigenvalue weighted by atomic mass is 10.0. The van der Waals surface area contributed by atoms with Crippen LogP contribution in [0.1, 0.15) is 30.5 Å². The summed E-state index contributed by atoms with van der Waals surface area (Å²) in [6.07, 6.45) is 0.817. The molecule has 0 saturated heterocycles. The molecule has 112 valence electrons. The maximum absolute atomic E-state index is 13.7. The van der Waals surface area contributed by atoms with Gasteiger partial charge in [-0.25, -0.2) is 8.78 Å². The Hall–Kier alpha value is -1.94. The largest absolute Gasteiger partial charge is 0.496 e. The molecule has 2 aromatic carbocycles. The molecule has 2 rings (SSSR count). The molecule has 0 aliphatic carbocycles. The molecule has 2 aromatic rings. The van der Waals surface area contributed by atoms with Crippen molar-refractivity contribution < 1.29 is 13.5 Å². The molecule has 0 saturated carbocycles. The van der Waals surface area contributed by atoms with Gasteiger partial charge in [0.15, 0.2) is 11.6 Å². The van der Waals surface area contributed by atoms with Gasteiger partial charge in [-0.1, -0.05) is 37.3 Å². The van der Waals surface area contributed by atoms with E-state index in [1.165, 1.54) is 6.07 Å². The van der Waals surface area contributed by atoms with Crippen molar-refractivity contribution in [3.05, 3.63) is 65.2 Å². The summed E-state index contributed by atoms with van der Waals surface area (Å²) in [7, 11) is 1.62. The fourth-order valence-electron chi connectivity index (χ4n) is 2.35. The number of rotatable bonds is 6. The molecule has 0 aliphatic heterocycles. The molecule has 1 atom stereocenters. The van der Waals surface area contributed by atoms with E-state index in [0.29, 0.717) is 5.56 Å². The van der Waals surface area contributed by atoms with Gasteiger partial charge < -0.3 is 10.1 Å². The van der Waals surface area contributed by atoms with Crippen LogP contribution in [-0.2, 0) is 6.54 Å². The lowest BCUT2D eigenvalue weighted by Gasteiger charge is -2.20. The van der Waals surface area contributed by atoms with E-state index >= 15 is 0 Å². The van der Waals surface area contributed by atoms with Crippen molar-refractivity contribution in [2.75, 3.05) is 7.11 Å². The molecule has 0 amide bonds. The first-order chi connectivity index (χ1) is 10.2. The minimum atomic E-state index is -0.820. The van der Waals surface area contributed by atoms with Crippen molar-refractivity contribution in [3.8, 4) is 5.75 Å². The number of para-hydroxylation sites is 1. The molecule has 21 heavy (non-hydrogen) atoms. The maximum atomic E-state index is 13.7. The Kier molecular flexibility index (Phi) is 5.28. The molecular weight excluding hydrogens is 272 g/mol. The zero-order chi connectivity index (χ0) is 15.2. The Morgan fingerprint density at radius 2 is 1.86 bits per heavy atom. The van der Waals surface area contributed by atoms with Crippen LogP contribution in [0.4, 0.5) is 8.78 Å². The maximum Gasteiger partial charge on any atom is 0.163 e. The topological polar surface area (TPSA) is 21.3 Å². The third kappa shape index (κ3) is 3.58. The monoisotopic (exact) mass is 291 g/mol. The average Bonchev–Trinajstić information content (AvgIpc) is 2.52. The van der Waals surface area contributed by atoms with Crippen molar-refractivity contribution >= 4 is 0 Å². The van der Waals surface area contributed by atoms with E-state index in [2.05, 4.69) is 5.32 Å². The Morgan fingerprint density at radius 1 is 1.10 bits per heavy atom. The third-order valence-electron chi connectivity index (χ3n) is 3.49. The first kappa shape index (κ1) is 15.4. The minimum Gasteiger partial charge on any atom is -0.496 e. The molecule has 1 N–H and O–H groups in total. The van der Waals surface area contributed by atoms with Gasteiger partial charge in [-0.3, -0.25) is 0 Å². The van der Waals surface area contributed by atoms with E-state index in [9.17, 15) is 8.78 Å². The van der Waals surface area contributed by atoms with Crippen molar-refractivity contribution in [3.63, 3.8) is 0 Å². The highest BCUT2D eigenvalue weighted by molar-refractivity contribution is 5.36. The number of hydrogen-bond donors (Lipinski definition) is 1. The zero-order valence-electron chi connectivity index (χ0n) is 12.2. The van der Waals surface area contributed by atoms with Crippen molar-refractivity contribution in [2.24, 2.45) is 0 Å². The van der Waals surface area contributed by atoms with E-state index in [-0.39, 0.29) is 12.6 Å². The summed E-state index contributed by atoms with van der Waals surface area (Å²) >= 11 is 0. The van der Waals surface area contributed by atoms with Crippen LogP contribution in [-0.4, -0.2) is 7.11 Å². The van der Waals surface area contributed by atoms with Gasteiger partial charge in [0.2, 0.25) is 0 Å². The summed E-state index contributed by atoms with van der Waals surface area (Å²) in [5, 5.41) is 3.26. The van der Waals surface area contributed by atoms with Crippen LogP contribution >= 0.6 is 0 Å². The van der Waals surface area contributed by atoms with E-state index in [0.717, 1.165) is 23.8 Å². The Labute approximate surface area is 123 Å². The van der Waals surface area contributed by atoms with Gasteiger partial charge >= 0.3 is 0 Å². The van der Waals surface area contributed by atoms with Gasteiger partial charge in [-0.15, -0.1) is 0 Å². The number of methoxy groups -OCH3 is 1. The molecule has 4 heteroatoms. The highest BCUT2D eigenvalue weighted by atomic mass is 19.2. The second-order valence-electron chi connectivity index (χ2n) is 4.80. The standard InChI is InChI=1S/C17H19F2NO/c1-3-15(13-8-4-5-10-16(13)21-2)20-11-12-7-6-9-14(18)17(12)19/h4-10,15,20H,3,11H2,1-2H3. The molecule has 0 fully saturated rings. The molecular formula is C17H19F2NO. The summed E-state index contributed by atoms with van der Waals surface area (Å²) in [6, 6.07) is 11.9. The summed E-state index contributed by atoms with van der Waals surface area (Å²) in [5.41, 5.74) is 1.34. The van der Waals surface area contributed by atoms with Crippen LogP contribution in [0.25, 0.3) is 0 Å². The predicted octanol–water partition coefficient (Wildman–Crippen LogP) is 4.21. The van der Waals surface area contributed by atoms with Crippen LogP contribution in [0.2, 0.25) is 0 Å². The van der Waals surface area contributed by atoms with Gasteiger partial charge in [-0.2, -0.15) is 0 Å². The smallest absolute Gasteiger partial charge is 0.163 e. The van der Waals surface area contributed by atoms with Gasteiger partial charge in [0.25, 0.3) is 0 Å². The first-order valence-corrected chi connectivity index (χ1v) is 6.96. The SMILES string of the molecule is CCC(NCc1cccc(F)c1F)c1ccccc1OC. The van der Waals surface area contributed by atoms with E-state index in [4.69, 9.17) is 4.74 Å². The molecule has 0 bridgehead atoms. The van der Waals surface area contributed by atoms with E-state index in [1.807, 2.05) is 31.2 Å². The van der Waals surface area contributed by atoms with Crippen molar-refractivity contribution in [1.82, 2.24) is 5.32 Å². The van der Waals surface area contributed by atoms with Crippen molar-refractivity contribution in [1.29, 1.82) is 0 Å². The normalized spacial score (nSPS) is 12.2. The first-order valence-electron chi connectivity index (χ1n) is 6.96. The molecule has 1 unspecified atom stereocenters. The molecule has 0 heterocycles. The van der Waals surface area contributed by atoms with Crippen LogP contribution in [0.15, 0.2) is 42.5 Å². The Morgan fingerprint density at radius 3 is 2.57 bits per heavy atom. The molecule has 0 aromatic heterocycles. The molecule has 0 spiro atoms. The van der Waals surface area contributed by atoms with Crippen LogP contribution in [0, 0.1) is 11.6 Å². The van der Waals surface area contributed by atoms with Crippen molar-refractivity contribution in [2.45, 2.75) is 25.9 Å². The number of nitrogens with one attached hydrogen (secondary N) is 1. The summed E-state index contributed by atoms with van der Waals surface area (Å²) in [6.45, 7) is 2.30. The lowest BCUT2D eigenvalue weighted by Crippen LogP contribution is -2.21. The second-order valence-corrected chi connectivity index (χ2v) is 4.80. The van der Waals surface area contributed by atoms with Gasteiger partial charge in [0.05, 0.1) is 7.11 Å². The minimum absolute atomic E-state index is 0.0174. The van der Waals surface area contributed by atoms with Gasteiger partial charge in [0.1, 0.15) is 5.75 Å². The van der Waals surface area contributed by atoms with Gasteiger partial charge in [-0.05, 0) is 18.6 Å². The molecule has 0 aliphatic rings. The zero-order valence-corrected chi connectivity index (χ0v) is 12.2. The van der Waals surface area contributed by atoms with Gasteiger partial charge in [0, 0.05) is 23.7 Å².